The summed E-state index contributed by atoms with van der Waals surface area (Å²) in [5.41, 5.74) is 0.410. The number of H-pyrrole nitrogens is 1. The van der Waals surface area contributed by atoms with E-state index in [1.165, 1.54) is 35.7 Å². The van der Waals surface area contributed by atoms with Crippen molar-refractivity contribution in [2.45, 2.75) is 6.54 Å². The van der Waals surface area contributed by atoms with Gasteiger partial charge in [-0.15, -0.1) is 11.3 Å². The summed E-state index contributed by atoms with van der Waals surface area (Å²) < 4.78 is 5.54. The first-order chi connectivity index (χ1) is 11.6. The fraction of sp³-hybridized carbons (Fsp3) is 0.214. The van der Waals surface area contributed by atoms with Crippen molar-refractivity contribution in [1.29, 1.82) is 0 Å². The van der Waals surface area contributed by atoms with E-state index in [0.29, 0.717) is 27.7 Å². The van der Waals surface area contributed by atoms with Gasteiger partial charge in [-0.25, -0.2) is 19.7 Å². The van der Waals surface area contributed by atoms with Crippen LogP contribution >= 0.6 is 11.3 Å². The van der Waals surface area contributed by atoms with Crippen molar-refractivity contribution < 1.29 is 9.53 Å². The third-order valence-corrected chi connectivity index (χ3v) is 4.09. The number of carbonyl (C=O) groups is 1. The molecule has 0 aliphatic rings. The number of ether oxygens (including phenoxy) is 1. The molecule has 0 aromatic carbocycles. The number of methoxy groups -OCH3 is 1. The molecule has 3 heterocycles. The third-order valence-electron chi connectivity index (χ3n) is 3.18. The van der Waals surface area contributed by atoms with E-state index in [-0.39, 0.29) is 12.1 Å². The van der Waals surface area contributed by atoms with Crippen LogP contribution < -0.4 is 15.6 Å². The van der Waals surface area contributed by atoms with Crippen LogP contribution in [0.4, 0.5) is 10.6 Å². The Balaban J connectivity index is 1.71. The smallest absolute Gasteiger partial charge is 0.323 e. The largest absolute Gasteiger partial charge is 0.481 e. The van der Waals surface area contributed by atoms with Gasteiger partial charge in [-0.2, -0.15) is 0 Å². The van der Waals surface area contributed by atoms with E-state index in [1.807, 2.05) is 0 Å². The molecule has 9 nitrogen and oxygen atoms in total. The zero-order valence-corrected chi connectivity index (χ0v) is 13.8. The number of thiophene rings is 1. The summed E-state index contributed by atoms with van der Waals surface area (Å²) >= 11 is 1.33. The number of aromatic amines is 1. The van der Waals surface area contributed by atoms with Crippen LogP contribution in [0.15, 0.2) is 28.6 Å². The second kappa shape index (κ2) is 6.62. The maximum Gasteiger partial charge on any atom is 0.323 e. The van der Waals surface area contributed by atoms with E-state index in [9.17, 15) is 9.59 Å². The summed E-state index contributed by atoms with van der Waals surface area (Å²) in [6.45, 7) is 0.148. The number of fused-ring (bicyclic) bond motifs is 1. The highest BCUT2D eigenvalue weighted by Gasteiger charge is 2.13. The highest BCUT2D eigenvalue weighted by Crippen LogP contribution is 2.14. The van der Waals surface area contributed by atoms with Crippen LogP contribution in [0.1, 0.15) is 5.82 Å². The van der Waals surface area contributed by atoms with Gasteiger partial charge in [0, 0.05) is 13.1 Å². The Morgan fingerprint density at radius 2 is 2.29 bits per heavy atom. The first-order valence-electron chi connectivity index (χ1n) is 6.91. The zero-order valence-electron chi connectivity index (χ0n) is 12.9. The van der Waals surface area contributed by atoms with Gasteiger partial charge in [0.25, 0.3) is 5.56 Å². The molecule has 2 amide bonds. The highest BCUT2D eigenvalue weighted by molar-refractivity contribution is 7.17. The second-order valence-electron chi connectivity index (χ2n) is 4.88. The number of hydrogen-bond donors (Lipinski definition) is 2. The van der Waals surface area contributed by atoms with Gasteiger partial charge < -0.3 is 14.6 Å². The van der Waals surface area contributed by atoms with Crippen LogP contribution in [0, 0.1) is 0 Å². The van der Waals surface area contributed by atoms with Crippen LogP contribution in [0.5, 0.6) is 5.88 Å². The number of carbonyl (C=O) groups excluding carboxylic acids is 1. The summed E-state index contributed by atoms with van der Waals surface area (Å²) in [4.78, 5) is 40.4. The Labute approximate surface area is 140 Å². The number of urea groups is 1. The quantitative estimate of drug-likeness (QED) is 0.739. The van der Waals surface area contributed by atoms with Crippen molar-refractivity contribution in [2.75, 3.05) is 19.5 Å². The lowest BCUT2D eigenvalue weighted by atomic mass is 10.4. The molecule has 0 aliphatic carbocycles. The molecule has 3 aromatic rings. The van der Waals surface area contributed by atoms with Crippen molar-refractivity contribution in [3.63, 3.8) is 0 Å². The Morgan fingerprint density at radius 1 is 1.46 bits per heavy atom. The molecule has 0 saturated carbocycles. The molecule has 0 spiro atoms. The van der Waals surface area contributed by atoms with Gasteiger partial charge >= 0.3 is 6.03 Å². The predicted molar refractivity (Wildman–Crippen MR) is 89.3 cm³/mol. The standard InChI is InChI=1S/C14H14N6O3S/c1-20(14(22)19-9-5-11(23-2)16-7-15-9)6-10-17-8-3-4-24-12(8)13(21)18-10/h3-5,7H,6H2,1-2H3,(H,17,18,21)(H,15,16,19,22). The topological polar surface area (TPSA) is 113 Å². The minimum atomic E-state index is -0.399. The molecule has 0 bridgehead atoms. The number of rotatable bonds is 4. The number of nitrogens with zero attached hydrogens (tertiary/aromatic N) is 4. The van der Waals surface area contributed by atoms with Gasteiger partial charge in [0.1, 0.15) is 22.7 Å². The Bertz CT molecular complexity index is 937. The van der Waals surface area contributed by atoms with Gasteiger partial charge in [0.15, 0.2) is 0 Å². The zero-order chi connectivity index (χ0) is 17.1. The molecule has 0 aliphatic heterocycles. The first-order valence-corrected chi connectivity index (χ1v) is 7.79. The number of aromatic nitrogens is 4. The minimum absolute atomic E-state index is 0.148. The van der Waals surface area contributed by atoms with E-state index in [0.717, 1.165) is 0 Å². The van der Waals surface area contributed by atoms with Crippen LogP contribution in [-0.4, -0.2) is 45.0 Å². The fourth-order valence-electron chi connectivity index (χ4n) is 2.02. The average Bonchev–Trinajstić information content (AvgIpc) is 3.04. The molecule has 3 rings (SSSR count). The lowest BCUT2D eigenvalue weighted by molar-refractivity contribution is 0.219. The Hall–Kier alpha value is -3.01. The molecule has 0 atom stereocenters. The van der Waals surface area contributed by atoms with Gasteiger partial charge in [-0.3, -0.25) is 10.1 Å². The Morgan fingerprint density at radius 3 is 3.08 bits per heavy atom. The van der Waals surface area contributed by atoms with E-state index < -0.39 is 6.03 Å². The molecular weight excluding hydrogens is 332 g/mol. The van der Waals surface area contributed by atoms with Crippen LogP contribution in [0.2, 0.25) is 0 Å². The maximum atomic E-state index is 12.2. The molecule has 0 unspecified atom stereocenters. The van der Waals surface area contributed by atoms with Crippen molar-refractivity contribution in [3.05, 3.63) is 40.0 Å². The van der Waals surface area contributed by atoms with Crippen LogP contribution in [-0.2, 0) is 6.54 Å². The monoisotopic (exact) mass is 346 g/mol. The molecule has 24 heavy (non-hydrogen) atoms. The van der Waals surface area contributed by atoms with Gasteiger partial charge in [-0.05, 0) is 11.4 Å². The molecule has 3 aromatic heterocycles. The van der Waals surface area contributed by atoms with E-state index in [2.05, 4.69) is 25.3 Å². The minimum Gasteiger partial charge on any atom is -0.481 e. The first kappa shape index (κ1) is 15.9. The molecule has 124 valence electrons. The maximum absolute atomic E-state index is 12.2. The summed E-state index contributed by atoms with van der Waals surface area (Å²) in [5, 5.41) is 4.42. The summed E-state index contributed by atoms with van der Waals surface area (Å²) in [7, 11) is 3.06. The van der Waals surface area contributed by atoms with E-state index in [4.69, 9.17) is 4.74 Å². The van der Waals surface area contributed by atoms with Crippen molar-refractivity contribution in [3.8, 4) is 5.88 Å². The molecule has 0 saturated heterocycles. The third kappa shape index (κ3) is 3.33. The number of nitrogens with one attached hydrogen (secondary N) is 2. The molecule has 10 heteroatoms. The van der Waals surface area contributed by atoms with E-state index >= 15 is 0 Å². The number of amides is 2. The highest BCUT2D eigenvalue weighted by atomic mass is 32.1. The molecular formula is C14H14N6O3S. The summed E-state index contributed by atoms with van der Waals surface area (Å²) in [6, 6.07) is 2.87. The fourth-order valence-corrected chi connectivity index (χ4v) is 2.74. The SMILES string of the molecule is COc1cc(NC(=O)N(C)Cc2nc3ccsc3c(=O)[nH]2)ncn1. The number of hydrogen-bond acceptors (Lipinski definition) is 7. The Kier molecular flexibility index (Phi) is 4.38. The summed E-state index contributed by atoms with van der Waals surface area (Å²) in [5.74, 6) is 1.06. The van der Waals surface area contributed by atoms with Crippen molar-refractivity contribution >= 4 is 33.4 Å². The average molecular weight is 346 g/mol. The lowest BCUT2D eigenvalue weighted by Crippen LogP contribution is -2.32. The van der Waals surface area contributed by atoms with Gasteiger partial charge in [0.2, 0.25) is 5.88 Å². The second-order valence-corrected chi connectivity index (χ2v) is 5.80. The van der Waals surface area contributed by atoms with Gasteiger partial charge in [-0.1, -0.05) is 0 Å². The summed E-state index contributed by atoms with van der Waals surface area (Å²) in [6.07, 6.45) is 1.29. The molecule has 0 fully saturated rings. The predicted octanol–water partition coefficient (Wildman–Crippen LogP) is 1.45. The molecule has 0 radical (unpaired) electrons. The normalized spacial score (nSPS) is 10.6. The molecule has 2 N–H and O–H groups in total. The lowest BCUT2D eigenvalue weighted by Gasteiger charge is -2.17. The van der Waals surface area contributed by atoms with Crippen molar-refractivity contribution in [2.24, 2.45) is 0 Å². The van der Waals surface area contributed by atoms with E-state index in [1.54, 1.807) is 18.5 Å². The van der Waals surface area contributed by atoms with Crippen molar-refractivity contribution in [1.82, 2.24) is 24.8 Å². The van der Waals surface area contributed by atoms with Crippen LogP contribution in [0.25, 0.3) is 10.2 Å². The van der Waals surface area contributed by atoms with Crippen LogP contribution in [0.3, 0.4) is 0 Å². The van der Waals surface area contributed by atoms with Gasteiger partial charge in [0.05, 0.1) is 19.2 Å². The number of anilines is 1.